The van der Waals surface area contributed by atoms with E-state index in [0.29, 0.717) is 0 Å². The average Bonchev–Trinajstić information content (AvgIpc) is 1.82. The predicted octanol–water partition coefficient (Wildman–Crippen LogP) is 1.63. The van der Waals surface area contributed by atoms with Gasteiger partial charge in [0.05, 0.1) is 0 Å². The molecule has 0 heterocycles. The van der Waals surface area contributed by atoms with Crippen molar-refractivity contribution in [3.05, 3.63) is 24.3 Å². The minimum Gasteiger partial charge on any atom is -0.508 e. The Morgan fingerprint density at radius 1 is 1.42 bits per heavy atom. The van der Waals surface area contributed by atoms with Crippen LogP contribution < -0.4 is 11.0 Å². The summed E-state index contributed by atoms with van der Waals surface area (Å²) >= 11 is 6.09. The fourth-order valence-electron chi connectivity index (χ4n) is 0.705. The van der Waals surface area contributed by atoms with Crippen LogP contribution in [0.3, 0.4) is 0 Å². The van der Waals surface area contributed by atoms with Crippen molar-refractivity contribution in [2.24, 2.45) is 11.0 Å². The highest BCUT2D eigenvalue weighted by atomic mass is 32.9. The molecule has 0 radical (unpaired) electrons. The number of hydrogen-bond donors (Lipinski definition) is 3. The smallest absolute Gasteiger partial charge is 0.126 e. The number of aromatic hydroxyl groups is 1. The third kappa shape index (κ3) is 3.56. The van der Waals surface area contributed by atoms with Crippen molar-refractivity contribution >= 4 is 28.7 Å². The third-order valence-corrected chi connectivity index (χ3v) is 3.98. The third-order valence-electron chi connectivity index (χ3n) is 1.07. The van der Waals surface area contributed by atoms with Crippen LogP contribution in [0, 0.1) is 0 Å². The summed E-state index contributed by atoms with van der Waals surface area (Å²) in [4.78, 5) is 0.809. The summed E-state index contributed by atoms with van der Waals surface area (Å²) in [5, 5.41) is 9.09. The molecule has 0 aromatic heterocycles. The van der Waals surface area contributed by atoms with Crippen LogP contribution >= 0.6 is 16.9 Å². The summed E-state index contributed by atoms with van der Waals surface area (Å²) in [6.45, 7) is 0. The predicted molar refractivity (Wildman–Crippen MR) is 56.6 cm³/mol. The molecule has 0 atom stereocenters. The van der Waals surface area contributed by atoms with E-state index < -0.39 is 5.54 Å². The van der Waals surface area contributed by atoms with E-state index in [2.05, 4.69) is 0 Å². The van der Waals surface area contributed by atoms with Crippen LogP contribution in [0.4, 0.5) is 0 Å². The summed E-state index contributed by atoms with van der Waals surface area (Å²) in [5.41, 5.74) is 8.74. The van der Waals surface area contributed by atoms with E-state index in [0.717, 1.165) is 4.90 Å². The molecule has 1 aromatic rings. The average molecular weight is 220 g/mol. The second-order valence-electron chi connectivity index (χ2n) is 2.23. The second kappa shape index (κ2) is 3.77. The molecule has 5 N–H and O–H groups in total. The Labute approximate surface area is 80.0 Å². The monoisotopic (exact) mass is 220 g/mol. The Balaban J connectivity index is 2.84. The second-order valence-corrected chi connectivity index (χ2v) is 9.04. The maximum absolute atomic E-state index is 9.09. The van der Waals surface area contributed by atoms with Gasteiger partial charge in [-0.1, -0.05) is 29.3 Å². The van der Waals surface area contributed by atoms with E-state index in [1.807, 2.05) is 6.07 Å². The highest BCUT2D eigenvalue weighted by molar-refractivity contribution is 8.69. The molecule has 0 fully saturated rings. The molecular weight excluding hydrogens is 211 g/mol. The highest BCUT2D eigenvalue weighted by Crippen LogP contribution is 2.48. The first-order chi connectivity index (χ1) is 5.47. The lowest BCUT2D eigenvalue weighted by atomic mass is 10.3. The molecule has 1 aromatic carbocycles. The van der Waals surface area contributed by atoms with Crippen molar-refractivity contribution in [1.29, 1.82) is 0 Å². The van der Waals surface area contributed by atoms with Crippen LogP contribution in [0.2, 0.25) is 0 Å². The van der Waals surface area contributed by atoms with Gasteiger partial charge in [-0.15, -0.1) is 0 Å². The molecule has 6 heteroatoms. The minimum atomic E-state index is -2.27. The molecule has 0 unspecified atom stereocenters. The van der Waals surface area contributed by atoms with Crippen molar-refractivity contribution in [1.82, 2.24) is 0 Å². The number of benzene rings is 1. The van der Waals surface area contributed by atoms with E-state index in [9.17, 15) is 0 Å². The Morgan fingerprint density at radius 3 is 2.58 bits per heavy atom. The van der Waals surface area contributed by atoms with Crippen molar-refractivity contribution in [3.63, 3.8) is 0 Å². The van der Waals surface area contributed by atoms with Gasteiger partial charge in [-0.3, -0.25) is 11.0 Å². The van der Waals surface area contributed by atoms with Crippen LogP contribution in [-0.4, -0.2) is 5.11 Å². The molecule has 0 aliphatic heterocycles. The number of hydrogen-bond acceptors (Lipinski definition) is 3. The van der Waals surface area contributed by atoms with Gasteiger partial charge in [0, 0.05) is 4.90 Å². The Bertz CT molecular complexity index is 325. The van der Waals surface area contributed by atoms with Crippen LogP contribution in [0.5, 0.6) is 5.75 Å². The number of nitrogens with two attached hydrogens (primary N) is 2. The van der Waals surface area contributed by atoms with Crippen LogP contribution in [0.25, 0.3) is 0 Å². The zero-order chi connectivity index (χ0) is 9.19. The zero-order valence-corrected chi connectivity index (χ0v) is 8.70. The Kier molecular flexibility index (Phi) is 3.15. The summed E-state index contributed by atoms with van der Waals surface area (Å²) in [6.07, 6.45) is 0. The maximum atomic E-state index is 9.09. The molecule has 1 rings (SSSR count). The van der Waals surface area contributed by atoms with Crippen molar-refractivity contribution in [3.8, 4) is 5.75 Å². The molecule has 0 aliphatic rings. The van der Waals surface area contributed by atoms with Gasteiger partial charge >= 0.3 is 0 Å². The van der Waals surface area contributed by atoms with E-state index in [1.54, 1.807) is 18.2 Å². The fourth-order valence-corrected chi connectivity index (χ4v) is 3.45. The molecule has 0 saturated heterocycles. The zero-order valence-electron chi connectivity index (χ0n) is 6.18. The van der Waals surface area contributed by atoms with Gasteiger partial charge in [0.15, 0.2) is 0 Å². The molecule has 0 bridgehead atoms. The molecule has 0 amide bonds. The van der Waals surface area contributed by atoms with Crippen LogP contribution in [-0.2, 0) is 11.8 Å². The van der Waals surface area contributed by atoms with Crippen LogP contribution in [0.15, 0.2) is 29.2 Å². The Hall–Kier alpha value is -0.0600. The number of phenols is 1. The van der Waals surface area contributed by atoms with Gasteiger partial charge in [-0.2, -0.15) is 0 Å². The molecule has 3 nitrogen and oxygen atoms in total. The first-order valence-electron chi connectivity index (χ1n) is 3.13. The SMILES string of the molecule is NP(N)(=S)Sc1cccc(O)c1. The Morgan fingerprint density at radius 2 is 2.08 bits per heavy atom. The van der Waals surface area contributed by atoms with Gasteiger partial charge in [-0.25, -0.2) is 0 Å². The molecule has 66 valence electrons. The maximum Gasteiger partial charge on any atom is 0.126 e. The number of phenolic OH excluding ortho intramolecular Hbond substituents is 1. The largest absolute Gasteiger partial charge is 0.508 e. The molecule has 12 heavy (non-hydrogen) atoms. The van der Waals surface area contributed by atoms with Gasteiger partial charge in [0.2, 0.25) is 0 Å². The molecular formula is C6H9N2OPS2. The summed E-state index contributed by atoms with van der Waals surface area (Å²) < 4.78 is 0. The molecule has 0 saturated carbocycles. The number of rotatable bonds is 2. The summed E-state index contributed by atoms with van der Waals surface area (Å²) in [7, 11) is 0. The molecule has 0 aliphatic carbocycles. The van der Waals surface area contributed by atoms with Crippen molar-refractivity contribution < 1.29 is 5.11 Å². The van der Waals surface area contributed by atoms with E-state index in [1.165, 1.54) is 11.4 Å². The van der Waals surface area contributed by atoms with E-state index in [4.69, 9.17) is 27.9 Å². The van der Waals surface area contributed by atoms with Crippen molar-refractivity contribution in [2.75, 3.05) is 0 Å². The van der Waals surface area contributed by atoms with Gasteiger partial charge < -0.3 is 5.11 Å². The fraction of sp³-hybridized carbons (Fsp3) is 0. The lowest BCUT2D eigenvalue weighted by Gasteiger charge is -2.08. The summed E-state index contributed by atoms with van der Waals surface area (Å²) in [6, 6.07) is 6.71. The first kappa shape index (κ1) is 10.0. The highest BCUT2D eigenvalue weighted by Gasteiger charge is 2.05. The quantitative estimate of drug-likeness (QED) is 0.661. The standard InChI is InChI=1S/C6H9N2OPS2/c7-10(8,11)12-6-3-1-2-5(9)4-6/h1-4,9H,(H4,7,8,11). The van der Waals surface area contributed by atoms with Crippen LogP contribution in [0.1, 0.15) is 0 Å². The molecule has 0 spiro atoms. The lowest BCUT2D eigenvalue weighted by Crippen LogP contribution is -1.98. The minimum absolute atomic E-state index is 0.198. The lowest BCUT2D eigenvalue weighted by molar-refractivity contribution is 0.474. The van der Waals surface area contributed by atoms with Gasteiger partial charge in [0.1, 0.15) is 11.3 Å². The topological polar surface area (TPSA) is 72.3 Å². The summed E-state index contributed by atoms with van der Waals surface area (Å²) in [5.74, 6) is 0.198. The van der Waals surface area contributed by atoms with Crippen molar-refractivity contribution in [2.45, 2.75) is 4.90 Å². The first-order valence-corrected chi connectivity index (χ1v) is 7.49. The van der Waals surface area contributed by atoms with Gasteiger partial charge in [-0.05, 0) is 18.2 Å². The van der Waals surface area contributed by atoms with Gasteiger partial charge in [0.25, 0.3) is 0 Å². The van der Waals surface area contributed by atoms with E-state index in [-0.39, 0.29) is 5.75 Å². The van der Waals surface area contributed by atoms with E-state index >= 15 is 0 Å². The normalized spacial score (nSPS) is 11.5.